The van der Waals surface area contributed by atoms with Crippen LogP contribution in [0.25, 0.3) is 0 Å². The van der Waals surface area contributed by atoms with Gasteiger partial charge in [-0.1, -0.05) is 0 Å². The highest BCUT2D eigenvalue weighted by molar-refractivity contribution is 5.92. The predicted octanol–water partition coefficient (Wildman–Crippen LogP) is 3.00. The lowest BCUT2D eigenvalue weighted by Gasteiger charge is -2.31. The number of benzene rings is 1. The van der Waals surface area contributed by atoms with Gasteiger partial charge in [-0.25, -0.2) is 0 Å². The van der Waals surface area contributed by atoms with Gasteiger partial charge in [0.05, 0.1) is 18.7 Å². The molecule has 1 fully saturated rings. The largest absolute Gasteiger partial charge is 0.416 e. The molecule has 0 spiro atoms. The first-order valence-electron chi connectivity index (χ1n) is 7.57. The Morgan fingerprint density at radius 3 is 2.65 bits per heavy atom. The summed E-state index contributed by atoms with van der Waals surface area (Å²) in [4.78, 5) is 14.1. The van der Waals surface area contributed by atoms with Gasteiger partial charge in [0.25, 0.3) is 0 Å². The minimum absolute atomic E-state index is 0.220. The van der Waals surface area contributed by atoms with E-state index < -0.39 is 11.7 Å². The molecule has 0 bridgehead atoms. The molecule has 0 aliphatic carbocycles. The molecular formula is C16H21F3N2O2. The van der Waals surface area contributed by atoms with Crippen LogP contribution < -0.4 is 5.32 Å². The van der Waals surface area contributed by atoms with Crippen LogP contribution in [-0.4, -0.2) is 44.2 Å². The van der Waals surface area contributed by atoms with Crippen molar-refractivity contribution in [2.45, 2.75) is 19.0 Å². The number of nitrogens with one attached hydrogen (secondary N) is 1. The molecule has 0 unspecified atom stereocenters. The second-order valence-corrected chi connectivity index (χ2v) is 5.82. The fourth-order valence-corrected chi connectivity index (χ4v) is 2.81. The highest BCUT2D eigenvalue weighted by Crippen LogP contribution is 2.29. The standard InChI is InChI=1S/C16H21F3N2O2/c1-23-11-12-3-2-8-21(9-12)10-15(22)20-14-6-4-13(5-7-14)16(17,18)19/h4-7,12H,2-3,8-11H2,1H3,(H,20,22)/t12-/m1/s1. The molecule has 0 radical (unpaired) electrons. The van der Waals surface area contributed by atoms with Crippen molar-refractivity contribution in [3.63, 3.8) is 0 Å². The molecule has 1 heterocycles. The van der Waals surface area contributed by atoms with Crippen molar-refractivity contribution in [3.8, 4) is 0 Å². The van der Waals surface area contributed by atoms with Gasteiger partial charge in [0.1, 0.15) is 0 Å². The molecule has 1 amide bonds. The number of carbonyl (C=O) groups is 1. The van der Waals surface area contributed by atoms with E-state index >= 15 is 0 Å². The first-order valence-corrected chi connectivity index (χ1v) is 7.57. The molecule has 7 heteroatoms. The van der Waals surface area contributed by atoms with E-state index in [4.69, 9.17) is 4.74 Å². The third-order valence-corrected chi connectivity index (χ3v) is 3.87. The molecule has 1 saturated heterocycles. The summed E-state index contributed by atoms with van der Waals surface area (Å²) in [5.74, 6) is 0.204. The fourth-order valence-electron chi connectivity index (χ4n) is 2.81. The molecule has 1 aromatic carbocycles. The van der Waals surface area contributed by atoms with Gasteiger partial charge in [-0.2, -0.15) is 13.2 Å². The summed E-state index contributed by atoms with van der Waals surface area (Å²) in [6, 6.07) is 4.46. The summed E-state index contributed by atoms with van der Waals surface area (Å²) in [6.07, 6.45) is -2.26. The third kappa shape index (κ3) is 5.51. The first-order chi connectivity index (χ1) is 10.9. The molecule has 1 aliphatic heterocycles. The summed E-state index contributed by atoms with van der Waals surface area (Å²) in [7, 11) is 1.66. The van der Waals surface area contributed by atoms with Crippen LogP contribution >= 0.6 is 0 Å². The SMILES string of the molecule is COC[C@@H]1CCCN(CC(=O)Nc2ccc(C(F)(F)F)cc2)C1. The van der Waals surface area contributed by atoms with E-state index in [1.54, 1.807) is 7.11 Å². The van der Waals surface area contributed by atoms with Crippen LogP contribution in [0, 0.1) is 5.92 Å². The number of halogens is 3. The Morgan fingerprint density at radius 2 is 2.04 bits per heavy atom. The number of nitrogens with zero attached hydrogens (tertiary/aromatic N) is 1. The maximum absolute atomic E-state index is 12.5. The smallest absolute Gasteiger partial charge is 0.384 e. The van der Waals surface area contributed by atoms with E-state index in [9.17, 15) is 18.0 Å². The predicted molar refractivity (Wildman–Crippen MR) is 81.1 cm³/mol. The number of carbonyl (C=O) groups excluding carboxylic acids is 1. The van der Waals surface area contributed by atoms with Gasteiger partial charge >= 0.3 is 6.18 Å². The zero-order chi connectivity index (χ0) is 16.9. The van der Waals surface area contributed by atoms with Crippen LogP contribution in [-0.2, 0) is 15.7 Å². The normalized spacial score (nSPS) is 19.6. The van der Waals surface area contributed by atoms with Crippen molar-refractivity contribution in [1.82, 2.24) is 4.90 Å². The lowest BCUT2D eigenvalue weighted by atomic mass is 9.99. The summed E-state index contributed by atoms with van der Waals surface area (Å²) in [5, 5.41) is 2.64. The van der Waals surface area contributed by atoms with Gasteiger partial charge in [-0.15, -0.1) is 0 Å². The Hall–Kier alpha value is -1.60. The average molecular weight is 330 g/mol. The summed E-state index contributed by atoms with van der Waals surface area (Å²) < 4.78 is 42.6. The molecule has 1 atom stereocenters. The molecule has 23 heavy (non-hydrogen) atoms. The molecule has 0 saturated carbocycles. The summed E-state index contributed by atoms with van der Waals surface area (Å²) in [5.41, 5.74) is -0.359. The number of methoxy groups -OCH3 is 1. The van der Waals surface area contributed by atoms with E-state index in [2.05, 4.69) is 5.32 Å². The number of ether oxygens (including phenoxy) is 1. The number of piperidine rings is 1. The maximum Gasteiger partial charge on any atom is 0.416 e. The number of amides is 1. The molecule has 128 valence electrons. The number of alkyl halides is 3. The Kier molecular flexibility index (Phi) is 6.01. The van der Waals surface area contributed by atoms with Crippen molar-refractivity contribution < 1.29 is 22.7 Å². The number of likely N-dealkylation sites (tertiary alicyclic amines) is 1. The number of rotatable bonds is 5. The van der Waals surface area contributed by atoms with Gasteiger partial charge in [-0.05, 0) is 49.6 Å². The summed E-state index contributed by atoms with van der Waals surface area (Å²) in [6.45, 7) is 2.56. The number of anilines is 1. The van der Waals surface area contributed by atoms with Crippen molar-refractivity contribution in [1.29, 1.82) is 0 Å². The first kappa shape index (κ1) is 17.7. The average Bonchev–Trinajstić information content (AvgIpc) is 2.47. The molecular weight excluding hydrogens is 309 g/mol. The molecule has 1 aromatic rings. The Labute approximate surface area is 133 Å². The van der Waals surface area contributed by atoms with Gasteiger partial charge in [0.2, 0.25) is 5.91 Å². The molecule has 2 rings (SSSR count). The number of hydrogen-bond donors (Lipinski definition) is 1. The minimum Gasteiger partial charge on any atom is -0.384 e. The highest BCUT2D eigenvalue weighted by atomic mass is 19.4. The minimum atomic E-state index is -4.37. The lowest BCUT2D eigenvalue weighted by molar-refractivity contribution is -0.137. The Balaban J connectivity index is 1.84. The van der Waals surface area contributed by atoms with Gasteiger partial charge < -0.3 is 10.1 Å². The zero-order valence-corrected chi connectivity index (χ0v) is 13.0. The van der Waals surface area contributed by atoms with Crippen molar-refractivity contribution in [3.05, 3.63) is 29.8 Å². The monoisotopic (exact) mass is 330 g/mol. The van der Waals surface area contributed by atoms with E-state index in [0.717, 1.165) is 38.1 Å². The highest BCUT2D eigenvalue weighted by Gasteiger charge is 2.30. The Morgan fingerprint density at radius 1 is 1.35 bits per heavy atom. The van der Waals surface area contributed by atoms with Crippen molar-refractivity contribution in [2.75, 3.05) is 38.7 Å². The van der Waals surface area contributed by atoms with Crippen molar-refractivity contribution in [2.24, 2.45) is 5.92 Å². The maximum atomic E-state index is 12.5. The van der Waals surface area contributed by atoms with Gasteiger partial charge in [-0.3, -0.25) is 9.69 Å². The lowest BCUT2D eigenvalue weighted by Crippen LogP contribution is -2.41. The molecule has 0 aromatic heterocycles. The van der Waals surface area contributed by atoms with E-state index in [0.29, 0.717) is 18.2 Å². The van der Waals surface area contributed by atoms with Crippen LogP contribution in [0.2, 0.25) is 0 Å². The van der Waals surface area contributed by atoms with Crippen LogP contribution in [0.3, 0.4) is 0 Å². The fraction of sp³-hybridized carbons (Fsp3) is 0.562. The van der Waals surface area contributed by atoms with Gasteiger partial charge in [0.15, 0.2) is 0 Å². The van der Waals surface area contributed by atoms with E-state index in [1.165, 1.54) is 12.1 Å². The Bertz CT molecular complexity index is 515. The molecule has 1 aliphatic rings. The third-order valence-electron chi connectivity index (χ3n) is 3.87. The molecule has 1 N–H and O–H groups in total. The molecule has 4 nitrogen and oxygen atoms in total. The van der Waals surface area contributed by atoms with E-state index in [-0.39, 0.29) is 12.5 Å². The quantitative estimate of drug-likeness (QED) is 0.902. The van der Waals surface area contributed by atoms with Crippen LogP contribution in [0.5, 0.6) is 0 Å². The second-order valence-electron chi connectivity index (χ2n) is 5.82. The van der Waals surface area contributed by atoms with Crippen LogP contribution in [0.1, 0.15) is 18.4 Å². The second kappa shape index (κ2) is 7.79. The topological polar surface area (TPSA) is 41.6 Å². The van der Waals surface area contributed by atoms with Gasteiger partial charge in [0, 0.05) is 19.3 Å². The van der Waals surface area contributed by atoms with E-state index in [1.807, 2.05) is 4.90 Å². The number of hydrogen-bond acceptors (Lipinski definition) is 3. The zero-order valence-electron chi connectivity index (χ0n) is 13.0. The summed E-state index contributed by atoms with van der Waals surface area (Å²) >= 11 is 0. The van der Waals surface area contributed by atoms with Crippen LogP contribution in [0.4, 0.5) is 18.9 Å². The van der Waals surface area contributed by atoms with Crippen molar-refractivity contribution >= 4 is 11.6 Å². The van der Waals surface area contributed by atoms with Crippen LogP contribution in [0.15, 0.2) is 24.3 Å².